The molecule has 6 N–H and O–H groups in total. The molecule has 0 spiro atoms. The van der Waals surface area contributed by atoms with Gasteiger partial charge in [-0.2, -0.15) is 0 Å². The van der Waals surface area contributed by atoms with Crippen molar-refractivity contribution in [2.75, 3.05) is 0 Å². The molecule has 0 aliphatic carbocycles. The van der Waals surface area contributed by atoms with E-state index in [1.54, 1.807) is 48.5 Å². The predicted molar refractivity (Wildman–Crippen MR) is 195 cm³/mol. The third-order valence-electron chi connectivity index (χ3n) is 6.67. The molecule has 2 aromatic rings. The van der Waals surface area contributed by atoms with Gasteiger partial charge in [-0.1, -0.05) is 94.8 Å². The highest BCUT2D eigenvalue weighted by atomic mass is 16.6. The van der Waals surface area contributed by atoms with Crippen LogP contribution < -0.4 is 16.4 Å². The van der Waals surface area contributed by atoms with Crippen molar-refractivity contribution in [3.8, 4) is 0 Å². The van der Waals surface area contributed by atoms with E-state index in [0.29, 0.717) is 19.3 Å². The first-order valence-electron chi connectivity index (χ1n) is 17.0. The number of nitrogens with two attached hydrogens (primary N) is 1. The summed E-state index contributed by atoms with van der Waals surface area (Å²) in [5, 5.41) is 22.6. The Bertz CT molecular complexity index is 1340. The summed E-state index contributed by atoms with van der Waals surface area (Å²) in [6.45, 7) is 18.1. The number of aliphatic carboxylic acids is 2. The van der Waals surface area contributed by atoms with Gasteiger partial charge in [0, 0.05) is 0 Å². The summed E-state index contributed by atoms with van der Waals surface area (Å²) >= 11 is 0. The summed E-state index contributed by atoms with van der Waals surface area (Å²) in [4.78, 5) is 56.3. The topological polar surface area (TPSA) is 204 Å². The molecule has 4 atom stereocenters. The first-order valence-corrected chi connectivity index (χ1v) is 17.0. The number of nitrogens with one attached hydrogen (secondary N) is 2. The van der Waals surface area contributed by atoms with E-state index in [1.807, 2.05) is 81.4 Å². The number of carbonyl (C=O) groups excluding carboxylic acids is 3. The van der Waals surface area contributed by atoms with Crippen molar-refractivity contribution in [1.29, 1.82) is 0 Å². The van der Waals surface area contributed by atoms with Gasteiger partial charge in [0.25, 0.3) is 0 Å². The molecule has 2 amide bonds. The van der Waals surface area contributed by atoms with Gasteiger partial charge in [0.05, 0.1) is 0 Å². The second-order valence-corrected chi connectivity index (χ2v) is 14.4. The molecule has 286 valence electrons. The van der Waals surface area contributed by atoms with Crippen molar-refractivity contribution in [3.63, 3.8) is 0 Å². The number of benzene rings is 2. The molecule has 0 heterocycles. The quantitative estimate of drug-likeness (QED) is 0.115. The number of carboxylic acids is 2. The number of hydrogen-bond acceptors (Lipinski definition) is 9. The molecule has 2 aromatic carbocycles. The van der Waals surface area contributed by atoms with Crippen molar-refractivity contribution >= 4 is 30.1 Å². The van der Waals surface area contributed by atoms with Crippen LogP contribution in [-0.4, -0.2) is 69.6 Å². The Kier molecular flexibility index (Phi) is 20.9. The fraction of sp³-hybridized carbons (Fsp3) is 0.553. The predicted octanol–water partition coefficient (Wildman–Crippen LogP) is 6.32. The highest BCUT2D eigenvalue weighted by Gasteiger charge is 2.28. The van der Waals surface area contributed by atoms with Crippen LogP contribution >= 0.6 is 0 Å². The van der Waals surface area contributed by atoms with Crippen molar-refractivity contribution in [2.24, 2.45) is 17.6 Å². The van der Waals surface area contributed by atoms with Gasteiger partial charge in [0.15, 0.2) is 0 Å². The maximum absolute atomic E-state index is 11.8. The van der Waals surface area contributed by atoms with E-state index in [4.69, 9.17) is 30.2 Å². The van der Waals surface area contributed by atoms with E-state index >= 15 is 0 Å². The summed E-state index contributed by atoms with van der Waals surface area (Å²) in [5.41, 5.74) is 6.59. The van der Waals surface area contributed by atoms with Crippen LogP contribution in [0.15, 0.2) is 60.7 Å². The number of carbonyl (C=O) groups is 5. The number of amides is 2. The summed E-state index contributed by atoms with van der Waals surface area (Å²) in [6, 6.07) is 16.8. The minimum absolute atomic E-state index is 0.134. The van der Waals surface area contributed by atoms with E-state index < -0.39 is 53.5 Å². The Balaban J connectivity index is 0.000000741. The zero-order chi connectivity index (χ0) is 39.4. The summed E-state index contributed by atoms with van der Waals surface area (Å²) in [7, 11) is 0. The number of rotatable bonds is 13. The molecule has 0 saturated carbocycles. The minimum atomic E-state index is -1.04. The lowest BCUT2D eigenvalue weighted by molar-refractivity contribution is -0.146. The lowest BCUT2D eigenvalue weighted by Gasteiger charge is -2.24. The van der Waals surface area contributed by atoms with Crippen molar-refractivity contribution < 1.29 is 48.4 Å². The lowest BCUT2D eigenvalue weighted by Crippen LogP contribution is -2.46. The van der Waals surface area contributed by atoms with Gasteiger partial charge in [-0.25, -0.2) is 19.2 Å². The molecule has 2 rings (SSSR count). The van der Waals surface area contributed by atoms with Gasteiger partial charge in [-0.15, -0.1) is 0 Å². The van der Waals surface area contributed by atoms with Crippen LogP contribution in [0.5, 0.6) is 0 Å². The van der Waals surface area contributed by atoms with E-state index in [-0.39, 0.29) is 24.4 Å². The van der Waals surface area contributed by atoms with E-state index in [9.17, 15) is 24.0 Å². The number of alkyl carbamates (subject to hydrolysis) is 2. The lowest BCUT2D eigenvalue weighted by atomic mass is 10.00. The highest BCUT2D eigenvalue weighted by Crippen LogP contribution is 2.12. The second-order valence-electron chi connectivity index (χ2n) is 14.4. The van der Waals surface area contributed by atoms with Crippen LogP contribution in [0, 0.1) is 11.8 Å². The van der Waals surface area contributed by atoms with Crippen LogP contribution in [-0.2, 0) is 41.6 Å². The van der Waals surface area contributed by atoms with Crippen molar-refractivity contribution in [1.82, 2.24) is 10.6 Å². The molecule has 13 heteroatoms. The molecule has 0 radical (unpaired) electrons. The van der Waals surface area contributed by atoms with E-state index in [2.05, 4.69) is 10.6 Å². The third-order valence-corrected chi connectivity index (χ3v) is 6.67. The Morgan fingerprint density at radius 1 is 0.725 bits per heavy atom. The molecule has 0 aliphatic heterocycles. The third kappa shape index (κ3) is 23.4. The van der Waals surface area contributed by atoms with Crippen LogP contribution in [0.25, 0.3) is 0 Å². The maximum Gasteiger partial charge on any atom is 0.408 e. The SMILES string of the molecule is CC(C)C[C@@H](NC(=O)OC(C)(C)C)C(=O)O.CCC(C)[C@H](NC(=O)OC(C)(C)C)C(=O)O.N[C@H](Cc1ccccc1)C(=O)OCc1ccccc1. The first-order chi connectivity index (χ1) is 23.5. The van der Waals surface area contributed by atoms with Gasteiger partial charge in [0.2, 0.25) is 0 Å². The molecule has 13 nitrogen and oxygen atoms in total. The van der Waals surface area contributed by atoms with E-state index in [1.165, 1.54) is 0 Å². The number of carboxylic acid groups (broad SMARTS) is 2. The first kappa shape index (κ1) is 46.4. The Hall–Kier alpha value is -4.65. The molecule has 0 bridgehead atoms. The standard InChI is InChI=1S/C16H17NO2.2C11H21NO4/c17-15(11-13-7-3-1-4-8-13)16(18)19-12-14-9-5-2-6-10-14;1-7(2)6-8(9(13)14)12-10(15)16-11(3,4)5;1-6-7(2)8(9(13)14)12-10(15)16-11(3,4)5/h1-10,15H,11-12,17H2;2*7-8H,6H2,1-5H3,(H,12,15)(H,13,14)/t15-;8-;7?,8-/m110/s1. The van der Waals surface area contributed by atoms with Crippen LogP contribution in [0.2, 0.25) is 0 Å². The van der Waals surface area contributed by atoms with E-state index in [0.717, 1.165) is 11.1 Å². The Labute approximate surface area is 302 Å². The number of ether oxygens (including phenoxy) is 3. The fourth-order valence-electron chi connectivity index (χ4n) is 4.05. The molecule has 0 fully saturated rings. The molecule has 0 aliphatic rings. The zero-order valence-electron chi connectivity index (χ0n) is 31.7. The van der Waals surface area contributed by atoms with Gasteiger partial charge < -0.3 is 40.8 Å². The average Bonchev–Trinajstić information content (AvgIpc) is 3.01. The normalized spacial score (nSPS) is 13.3. The Morgan fingerprint density at radius 3 is 1.57 bits per heavy atom. The maximum atomic E-state index is 11.8. The Morgan fingerprint density at radius 2 is 1.18 bits per heavy atom. The second kappa shape index (κ2) is 22.9. The zero-order valence-corrected chi connectivity index (χ0v) is 31.7. The highest BCUT2D eigenvalue weighted by molar-refractivity contribution is 5.80. The number of esters is 1. The van der Waals surface area contributed by atoms with Gasteiger partial charge in [0.1, 0.15) is 35.9 Å². The smallest absolute Gasteiger partial charge is 0.408 e. The molecule has 51 heavy (non-hydrogen) atoms. The number of hydrogen-bond donors (Lipinski definition) is 5. The molecule has 0 aromatic heterocycles. The van der Waals surface area contributed by atoms with Crippen LogP contribution in [0.3, 0.4) is 0 Å². The monoisotopic (exact) mass is 717 g/mol. The molecular weight excluding hydrogens is 658 g/mol. The summed E-state index contributed by atoms with van der Waals surface area (Å²) in [6.07, 6.45) is 0.163. The van der Waals surface area contributed by atoms with Gasteiger partial charge in [-0.3, -0.25) is 4.79 Å². The van der Waals surface area contributed by atoms with Gasteiger partial charge in [-0.05, 0) is 77.3 Å². The van der Waals surface area contributed by atoms with Crippen LogP contribution in [0.4, 0.5) is 9.59 Å². The van der Waals surface area contributed by atoms with Crippen molar-refractivity contribution in [3.05, 3.63) is 71.8 Å². The fourth-order valence-corrected chi connectivity index (χ4v) is 4.05. The summed E-state index contributed by atoms with van der Waals surface area (Å²) < 4.78 is 15.2. The van der Waals surface area contributed by atoms with Crippen LogP contribution in [0.1, 0.15) is 93.2 Å². The largest absolute Gasteiger partial charge is 0.480 e. The van der Waals surface area contributed by atoms with Crippen molar-refractivity contribution in [2.45, 2.75) is 124 Å². The molecule has 0 saturated heterocycles. The average molecular weight is 718 g/mol. The van der Waals surface area contributed by atoms with Gasteiger partial charge >= 0.3 is 30.1 Å². The minimum Gasteiger partial charge on any atom is -0.480 e. The summed E-state index contributed by atoms with van der Waals surface area (Å²) in [5.74, 6) is -2.39. The molecule has 1 unspecified atom stereocenters. The molecular formula is C38H59N3O10.